The topological polar surface area (TPSA) is 51.1 Å². The Labute approximate surface area is 190 Å². The van der Waals surface area contributed by atoms with Crippen molar-refractivity contribution in [1.29, 1.82) is 0 Å². The average molecular weight is 431 g/mol. The Bertz CT molecular complexity index is 1080. The SMILES string of the molecule is CCOC(=O)c1ccc(C2=NC3=C(CCC=C3)Cc3ccc(OCCN(C)C)cc32)cc1. The molecule has 2 aromatic rings. The van der Waals surface area contributed by atoms with E-state index in [4.69, 9.17) is 14.5 Å². The molecule has 0 aromatic heterocycles. The van der Waals surface area contributed by atoms with Crippen molar-refractivity contribution in [3.05, 3.63) is 88.1 Å². The van der Waals surface area contributed by atoms with E-state index in [-0.39, 0.29) is 5.97 Å². The van der Waals surface area contributed by atoms with Crippen LogP contribution in [0.3, 0.4) is 0 Å². The molecule has 5 nitrogen and oxygen atoms in total. The van der Waals surface area contributed by atoms with Crippen LogP contribution in [0.2, 0.25) is 0 Å². The van der Waals surface area contributed by atoms with Gasteiger partial charge in [0, 0.05) is 17.7 Å². The second-order valence-corrected chi connectivity index (χ2v) is 8.34. The lowest BCUT2D eigenvalue weighted by Crippen LogP contribution is -2.19. The number of carbonyl (C=O) groups is 1. The summed E-state index contributed by atoms with van der Waals surface area (Å²) >= 11 is 0. The number of rotatable bonds is 7. The van der Waals surface area contributed by atoms with Gasteiger partial charge in [0.05, 0.1) is 23.6 Å². The number of hydrogen-bond donors (Lipinski definition) is 0. The van der Waals surface area contributed by atoms with Crippen LogP contribution in [0.4, 0.5) is 0 Å². The molecule has 0 spiro atoms. The molecule has 1 aliphatic heterocycles. The Morgan fingerprint density at radius 2 is 1.94 bits per heavy atom. The van der Waals surface area contributed by atoms with Crippen molar-refractivity contribution in [2.45, 2.75) is 26.2 Å². The largest absolute Gasteiger partial charge is 0.492 e. The first-order valence-electron chi connectivity index (χ1n) is 11.2. The maximum Gasteiger partial charge on any atom is 0.338 e. The van der Waals surface area contributed by atoms with Gasteiger partial charge in [-0.3, -0.25) is 0 Å². The molecule has 1 aliphatic carbocycles. The van der Waals surface area contributed by atoms with Crippen molar-refractivity contribution in [1.82, 2.24) is 4.90 Å². The minimum Gasteiger partial charge on any atom is -0.492 e. The molecule has 0 saturated heterocycles. The summed E-state index contributed by atoms with van der Waals surface area (Å²) in [5.74, 6) is 0.538. The van der Waals surface area contributed by atoms with Gasteiger partial charge in [-0.25, -0.2) is 9.79 Å². The summed E-state index contributed by atoms with van der Waals surface area (Å²) in [6, 6.07) is 13.8. The molecule has 0 bridgehead atoms. The van der Waals surface area contributed by atoms with Crippen molar-refractivity contribution in [2.24, 2.45) is 4.99 Å². The number of ether oxygens (including phenoxy) is 2. The van der Waals surface area contributed by atoms with Crippen molar-refractivity contribution >= 4 is 11.7 Å². The van der Waals surface area contributed by atoms with E-state index in [9.17, 15) is 4.79 Å². The van der Waals surface area contributed by atoms with Crippen molar-refractivity contribution in [2.75, 3.05) is 33.9 Å². The third-order valence-electron chi connectivity index (χ3n) is 5.70. The molecule has 0 radical (unpaired) electrons. The van der Waals surface area contributed by atoms with Gasteiger partial charge >= 0.3 is 5.97 Å². The third-order valence-corrected chi connectivity index (χ3v) is 5.70. The Balaban J connectivity index is 1.72. The molecule has 0 saturated carbocycles. The van der Waals surface area contributed by atoms with Gasteiger partial charge in [0.2, 0.25) is 0 Å². The van der Waals surface area contributed by atoms with Gasteiger partial charge in [-0.1, -0.05) is 24.3 Å². The Morgan fingerprint density at radius 1 is 1.12 bits per heavy atom. The molecule has 0 amide bonds. The van der Waals surface area contributed by atoms with Crippen LogP contribution in [0.15, 0.2) is 70.9 Å². The quantitative estimate of drug-likeness (QED) is 0.592. The lowest BCUT2D eigenvalue weighted by molar-refractivity contribution is 0.0526. The van der Waals surface area contributed by atoms with Crippen LogP contribution in [0.5, 0.6) is 5.75 Å². The molecule has 5 heteroatoms. The number of fused-ring (bicyclic) bond motifs is 1. The van der Waals surface area contributed by atoms with E-state index in [2.05, 4.69) is 35.3 Å². The van der Waals surface area contributed by atoms with Gasteiger partial charge in [0.1, 0.15) is 12.4 Å². The first kappa shape index (κ1) is 22.0. The molecule has 166 valence electrons. The third kappa shape index (κ3) is 5.00. The van der Waals surface area contributed by atoms with Gasteiger partial charge in [-0.15, -0.1) is 0 Å². The zero-order valence-electron chi connectivity index (χ0n) is 19.1. The number of nitrogens with zero attached hydrogens (tertiary/aromatic N) is 2. The normalized spacial score (nSPS) is 15.1. The fourth-order valence-electron chi connectivity index (χ4n) is 3.97. The predicted octanol–water partition coefficient (Wildman–Crippen LogP) is 4.80. The van der Waals surface area contributed by atoms with Crippen LogP contribution < -0.4 is 4.74 Å². The minimum atomic E-state index is -0.306. The predicted molar refractivity (Wildman–Crippen MR) is 128 cm³/mol. The fourth-order valence-corrected chi connectivity index (χ4v) is 3.97. The minimum absolute atomic E-state index is 0.306. The van der Waals surface area contributed by atoms with Crippen LogP contribution in [-0.4, -0.2) is 50.4 Å². The van der Waals surface area contributed by atoms with E-state index >= 15 is 0 Å². The van der Waals surface area contributed by atoms with E-state index in [1.807, 2.05) is 45.3 Å². The summed E-state index contributed by atoms with van der Waals surface area (Å²) in [5, 5.41) is 0. The zero-order valence-corrected chi connectivity index (χ0v) is 19.1. The van der Waals surface area contributed by atoms with Gasteiger partial charge < -0.3 is 14.4 Å². The van der Waals surface area contributed by atoms with Crippen LogP contribution in [0.25, 0.3) is 0 Å². The number of hydrogen-bond acceptors (Lipinski definition) is 5. The van der Waals surface area contributed by atoms with E-state index in [0.717, 1.165) is 54.1 Å². The Kier molecular flexibility index (Phi) is 6.86. The zero-order chi connectivity index (χ0) is 22.5. The van der Waals surface area contributed by atoms with E-state index in [1.54, 1.807) is 0 Å². The van der Waals surface area contributed by atoms with E-state index < -0.39 is 0 Å². The van der Waals surface area contributed by atoms with Gasteiger partial charge in [-0.05, 0) is 81.8 Å². The van der Waals surface area contributed by atoms with Crippen molar-refractivity contribution in [3.8, 4) is 5.75 Å². The molecule has 0 atom stereocenters. The molecular weight excluding hydrogens is 400 g/mol. The van der Waals surface area contributed by atoms with Crippen LogP contribution >= 0.6 is 0 Å². The lowest BCUT2D eigenvalue weighted by atomic mass is 9.92. The van der Waals surface area contributed by atoms with Crippen LogP contribution in [-0.2, 0) is 11.2 Å². The summed E-state index contributed by atoms with van der Waals surface area (Å²) in [4.78, 5) is 19.3. The Hall–Kier alpha value is -3.18. The molecule has 32 heavy (non-hydrogen) atoms. The summed E-state index contributed by atoms with van der Waals surface area (Å²) in [7, 11) is 4.07. The number of esters is 1. The average Bonchev–Trinajstić information content (AvgIpc) is 2.96. The molecule has 2 aliphatic rings. The van der Waals surface area contributed by atoms with Crippen molar-refractivity contribution in [3.63, 3.8) is 0 Å². The smallest absolute Gasteiger partial charge is 0.338 e. The number of likely N-dealkylation sites (N-methyl/N-ethyl adjacent to an activating group) is 1. The highest BCUT2D eigenvalue weighted by Crippen LogP contribution is 2.32. The summed E-state index contributed by atoms with van der Waals surface area (Å²) < 4.78 is 11.1. The summed E-state index contributed by atoms with van der Waals surface area (Å²) in [6.07, 6.45) is 7.30. The monoisotopic (exact) mass is 430 g/mol. The first-order valence-corrected chi connectivity index (χ1v) is 11.2. The number of aliphatic imine (C=N–C) groups is 1. The maximum atomic E-state index is 12.1. The van der Waals surface area contributed by atoms with Crippen molar-refractivity contribution < 1.29 is 14.3 Å². The van der Waals surface area contributed by atoms with Gasteiger partial charge in [0.15, 0.2) is 0 Å². The van der Waals surface area contributed by atoms with Crippen LogP contribution in [0, 0.1) is 0 Å². The summed E-state index contributed by atoms with van der Waals surface area (Å²) in [6.45, 7) is 3.66. The molecule has 4 rings (SSSR count). The number of allylic oxidation sites excluding steroid dienone is 3. The molecule has 1 heterocycles. The van der Waals surface area contributed by atoms with Crippen LogP contribution in [0.1, 0.15) is 46.8 Å². The summed E-state index contributed by atoms with van der Waals surface area (Å²) in [5.41, 5.74) is 7.17. The second-order valence-electron chi connectivity index (χ2n) is 8.34. The molecular formula is C27H30N2O3. The number of benzene rings is 2. The highest BCUT2D eigenvalue weighted by Gasteiger charge is 2.21. The Morgan fingerprint density at radius 3 is 2.69 bits per heavy atom. The van der Waals surface area contributed by atoms with Gasteiger partial charge in [-0.2, -0.15) is 0 Å². The molecule has 0 unspecified atom stereocenters. The lowest BCUT2D eigenvalue weighted by Gasteiger charge is -2.15. The fraction of sp³-hybridized carbons (Fsp3) is 0.333. The second kappa shape index (κ2) is 9.96. The van der Waals surface area contributed by atoms with E-state index in [0.29, 0.717) is 18.8 Å². The standard InChI is InChI=1S/C27H30N2O3/c1-4-31-27(30)20-11-9-19(10-12-20)26-24-18-23(32-16-15-29(2)3)14-13-21(24)17-22-7-5-6-8-25(22)28-26/h6,8-14,18H,4-5,7,15-17H2,1-3H3. The number of carbonyl (C=O) groups excluding carboxylic acids is 1. The van der Waals surface area contributed by atoms with E-state index in [1.165, 1.54) is 11.1 Å². The molecule has 0 N–H and O–H groups in total. The highest BCUT2D eigenvalue weighted by molar-refractivity contribution is 6.15. The van der Waals surface area contributed by atoms with Gasteiger partial charge in [0.25, 0.3) is 0 Å². The maximum absolute atomic E-state index is 12.1. The highest BCUT2D eigenvalue weighted by atomic mass is 16.5. The first-order chi connectivity index (χ1) is 15.5. The molecule has 0 fully saturated rings. The molecule has 2 aromatic carbocycles.